The van der Waals surface area contributed by atoms with Gasteiger partial charge in [-0.25, -0.2) is 9.13 Å². The van der Waals surface area contributed by atoms with E-state index in [1.807, 2.05) is 18.2 Å². The first-order valence-corrected chi connectivity index (χ1v) is 8.59. The number of nitrogens with zero attached hydrogens (tertiary/aromatic N) is 2. The molecule has 0 saturated heterocycles. The van der Waals surface area contributed by atoms with E-state index >= 15 is 0 Å². The number of rotatable bonds is 3. The molecule has 1 aliphatic heterocycles. The van der Waals surface area contributed by atoms with Gasteiger partial charge in [0.25, 0.3) is 5.82 Å². The minimum Gasteiger partial charge on any atom is -1.00 e. The van der Waals surface area contributed by atoms with E-state index in [0.717, 1.165) is 30.1 Å². The number of hydrogen-bond acceptors (Lipinski definition) is 0. The summed E-state index contributed by atoms with van der Waals surface area (Å²) in [5, 5.41) is 1.40. The Morgan fingerprint density at radius 2 is 1.83 bits per heavy atom. The Kier molecular flexibility index (Phi) is 5.33. The molecule has 5 heteroatoms. The largest absolute Gasteiger partial charge is 1.00 e. The molecule has 2 heterocycles. The van der Waals surface area contributed by atoms with Crippen LogP contribution in [-0.2, 0) is 19.5 Å². The summed E-state index contributed by atoms with van der Waals surface area (Å²) in [5.74, 6) is 1.37. The second-order valence-corrected chi connectivity index (χ2v) is 6.76. The maximum Gasteiger partial charge on any atom is 0.257 e. The van der Waals surface area contributed by atoms with Crippen molar-refractivity contribution in [1.82, 2.24) is 4.57 Å². The molecule has 0 radical (unpaired) electrons. The van der Waals surface area contributed by atoms with Gasteiger partial charge in [-0.1, -0.05) is 59.6 Å². The maximum atomic E-state index is 6.35. The van der Waals surface area contributed by atoms with Crippen LogP contribution in [0.4, 0.5) is 0 Å². The third-order valence-electron chi connectivity index (χ3n) is 4.42. The van der Waals surface area contributed by atoms with Gasteiger partial charge in [-0.15, -0.1) is 0 Å². The third kappa shape index (κ3) is 3.26. The Balaban J connectivity index is 0.00000169. The highest BCUT2D eigenvalue weighted by atomic mass is 79.9. The van der Waals surface area contributed by atoms with Gasteiger partial charge in [0, 0.05) is 21.2 Å². The lowest BCUT2D eigenvalue weighted by Crippen LogP contribution is -3.00. The number of benzene rings is 2. The van der Waals surface area contributed by atoms with Crippen molar-refractivity contribution in [3.05, 3.63) is 76.2 Å². The van der Waals surface area contributed by atoms with E-state index in [1.54, 1.807) is 0 Å². The number of fused-ring (bicyclic) bond motifs is 1. The smallest absolute Gasteiger partial charge is 0.257 e. The molecule has 0 aliphatic carbocycles. The van der Waals surface area contributed by atoms with E-state index < -0.39 is 0 Å². The minimum absolute atomic E-state index is 0. The van der Waals surface area contributed by atoms with Gasteiger partial charge in [0.05, 0.1) is 13.0 Å². The van der Waals surface area contributed by atoms with Crippen molar-refractivity contribution in [3.63, 3.8) is 0 Å². The van der Waals surface area contributed by atoms with E-state index in [1.165, 1.54) is 23.5 Å². The van der Waals surface area contributed by atoms with E-state index in [-0.39, 0.29) is 17.0 Å². The summed E-state index contributed by atoms with van der Waals surface area (Å²) in [6, 6.07) is 16.3. The lowest BCUT2D eigenvalue weighted by atomic mass is 10.1. The standard InChI is InChI=1S/C19H17Cl2N2.BrH/c20-16-9-8-15(17(21)11-16)12-22-13-18(14-5-2-1-3-6-14)23-10-4-7-19(22)23;/h1-3,5-6,8-9,11,13H,4,7,10,12H2;1H/q+1;/p-1. The topological polar surface area (TPSA) is 8.81 Å². The summed E-state index contributed by atoms with van der Waals surface area (Å²) < 4.78 is 4.75. The third-order valence-corrected chi connectivity index (χ3v) is 5.01. The average Bonchev–Trinajstić information content (AvgIpc) is 3.14. The van der Waals surface area contributed by atoms with Gasteiger partial charge in [0.15, 0.2) is 5.69 Å². The Morgan fingerprint density at radius 3 is 2.58 bits per heavy atom. The normalized spacial score (nSPS) is 12.8. The summed E-state index contributed by atoms with van der Waals surface area (Å²) in [7, 11) is 0. The Bertz CT molecular complexity index is 859. The molecular weight excluding hydrogens is 407 g/mol. The lowest BCUT2D eigenvalue weighted by molar-refractivity contribution is -0.694. The van der Waals surface area contributed by atoms with Gasteiger partial charge in [0.1, 0.15) is 12.7 Å². The van der Waals surface area contributed by atoms with Gasteiger partial charge in [-0.2, -0.15) is 0 Å². The molecule has 0 N–H and O–H groups in total. The fourth-order valence-electron chi connectivity index (χ4n) is 3.32. The second-order valence-electron chi connectivity index (χ2n) is 5.92. The first-order chi connectivity index (χ1) is 11.2. The van der Waals surface area contributed by atoms with Gasteiger partial charge in [-0.3, -0.25) is 0 Å². The van der Waals surface area contributed by atoms with Gasteiger partial charge in [0.2, 0.25) is 0 Å². The van der Waals surface area contributed by atoms with E-state index in [9.17, 15) is 0 Å². The Morgan fingerprint density at radius 1 is 1.04 bits per heavy atom. The van der Waals surface area contributed by atoms with Crippen LogP contribution in [0.5, 0.6) is 0 Å². The van der Waals surface area contributed by atoms with Crippen LogP contribution in [0.2, 0.25) is 10.0 Å². The quantitative estimate of drug-likeness (QED) is 0.567. The molecule has 4 rings (SSSR count). The minimum atomic E-state index is 0. The monoisotopic (exact) mass is 422 g/mol. The van der Waals surface area contributed by atoms with Crippen LogP contribution in [0.1, 0.15) is 17.8 Å². The van der Waals surface area contributed by atoms with Gasteiger partial charge >= 0.3 is 0 Å². The predicted octanol–water partition coefficient (Wildman–Crippen LogP) is 1.75. The highest BCUT2D eigenvalue weighted by Gasteiger charge is 2.28. The fourth-order valence-corrected chi connectivity index (χ4v) is 3.79. The summed E-state index contributed by atoms with van der Waals surface area (Å²) >= 11 is 12.4. The van der Waals surface area contributed by atoms with Gasteiger partial charge < -0.3 is 17.0 Å². The zero-order valence-electron chi connectivity index (χ0n) is 13.1. The zero-order valence-corrected chi connectivity index (χ0v) is 16.2. The van der Waals surface area contributed by atoms with Crippen molar-refractivity contribution in [2.45, 2.75) is 25.9 Å². The Labute approximate surface area is 162 Å². The highest BCUT2D eigenvalue weighted by Crippen LogP contribution is 2.26. The molecule has 2 aromatic carbocycles. The first-order valence-electron chi connectivity index (χ1n) is 7.83. The molecule has 0 atom stereocenters. The molecule has 0 unspecified atom stereocenters. The average molecular weight is 424 g/mol. The fraction of sp³-hybridized carbons (Fsp3) is 0.211. The molecule has 0 fully saturated rings. The molecule has 3 aromatic rings. The van der Waals surface area contributed by atoms with Crippen molar-refractivity contribution < 1.29 is 21.5 Å². The predicted molar refractivity (Wildman–Crippen MR) is 93.9 cm³/mol. The molecule has 0 spiro atoms. The molecule has 0 bridgehead atoms. The van der Waals surface area contributed by atoms with Gasteiger partial charge in [-0.05, 0) is 18.6 Å². The lowest BCUT2D eigenvalue weighted by Gasteiger charge is -2.03. The van der Waals surface area contributed by atoms with Crippen molar-refractivity contribution in [3.8, 4) is 11.3 Å². The molecule has 124 valence electrons. The number of aromatic nitrogens is 2. The summed E-state index contributed by atoms with van der Waals surface area (Å²) in [5.41, 5.74) is 3.64. The van der Waals surface area contributed by atoms with Crippen molar-refractivity contribution >= 4 is 23.2 Å². The van der Waals surface area contributed by atoms with Crippen molar-refractivity contribution in [1.29, 1.82) is 0 Å². The molecule has 0 amide bonds. The molecule has 2 nitrogen and oxygen atoms in total. The SMILES string of the molecule is Clc1ccc(C[n+]2cc(-c3ccccc3)n3c2CCC3)c(Cl)c1.[Br-]. The molecule has 1 aromatic heterocycles. The second kappa shape index (κ2) is 7.30. The molecule has 24 heavy (non-hydrogen) atoms. The number of imidazole rings is 1. The molecule has 1 aliphatic rings. The number of halogens is 3. The highest BCUT2D eigenvalue weighted by molar-refractivity contribution is 6.35. The summed E-state index contributed by atoms with van der Waals surface area (Å²) in [6.45, 7) is 1.86. The first kappa shape index (κ1) is 17.5. The van der Waals surface area contributed by atoms with Crippen LogP contribution < -0.4 is 21.5 Å². The summed E-state index contributed by atoms with van der Waals surface area (Å²) in [4.78, 5) is 0. The molecular formula is C19H17BrCl2N2. The summed E-state index contributed by atoms with van der Waals surface area (Å²) in [6.07, 6.45) is 4.55. The zero-order chi connectivity index (χ0) is 15.8. The molecule has 0 saturated carbocycles. The van der Waals surface area contributed by atoms with Crippen LogP contribution in [0.15, 0.2) is 54.7 Å². The maximum absolute atomic E-state index is 6.35. The van der Waals surface area contributed by atoms with Crippen LogP contribution in [0, 0.1) is 0 Å². The van der Waals surface area contributed by atoms with Crippen molar-refractivity contribution in [2.24, 2.45) is 0 Å². The van der Waals surface area contributed by atoms with Crippen LogP contribution >= 0.6 is 23.2 Å². The van der Waals surface area contributed by atoms with Crippen molar-refractivity contribution in [2.75, 3.05) is 0 Å². The number of hydrogen-bond donors (Lipinski definition) is 0. The van der Waals surface area contributed by atoms with E-state index in [4.69, 9.17) is 23.2 Å². The Hall–Kier alpha value is -1.29. The van der Waals surface area contributed by atoms with Crippen LogP contribution in [-0.4, -0.2) is 4.57 Å². The van der Waals surface area contributed by atoms with Crippen LogP contribution in [0.3, 0.4) is 0 Å². The van der Waals surface area contributed by atoms with E-state index in [2.05, 4.69) is 45.7 Å². The van der Waals surface area contributed by atoms with E-state index in [0.29, 0.717) is 5.02 Å². The van der Waals surface area contributed by atoms with Crippen LogP contribution in [0.25, 0.3) is 11.3 Å².